The summed E-state index contributed by atoms with van der Waals surface area (Å²) in [5, 5.41) is 0. The first-order chi connectivity index (χ1) is 8.66. The molecular formula is C13H10BrN3S. The van der Waals surface area contributed by atoms with Gasteiger partial charge in [-0.05, 0) is 42.9 Å². The Hall–Kier alpha value is -1.46. The van der Waals surface area contributed by atoms with Gasteiger partial charge in [-0.3, -0.25) is 9.55 Å². The standard InChI is InChI=1S/C13H10BrN3S/c1-8-2-3-9(6-10(8)14)17-12-4-5-15-7-11(12)16-13(17)18/h2-7H,1H3,(H,16,18). The predicted molar refractivity (Wildman–Crippen MR) is 78.7 cm³/mol. The Morgan fingerprint density at radius 2 is 2.17 bits per heavy atom. The first-order valence-electron chi connectivity index (χ1n) is 5.48. The lowest BCUT2D eigenvalue weighted by Crippen LogP contribution is -1.94. The number of imidazole rings is 1. The number of pyridine rings is 1. The largest absolute Gasteiger partial charge is 0.329 e. The van der Waals surface area contributed by atoms with Gasteiger partial charge in [0.25, 0.3) is 0 Å². The third kappa shape index (κ3) is 1.79. The van der Waals surface area contributed by atoms with Gasteiger partial charge in [-0.1, -0.05) is 22.0 Å². The maximum absolute atomic E-state index is 5.38. The molecule has 0 aliphatic heterocycles. The van der Waals surface area contributed by atoms with Gasteiger partial charge in [-0.2, -0.15) is 0 Å². The summed E-state index contributed by atoms with van der Waals surface area (Å²) in [7, 11) is 0. The second kappa shape index (κ2) is 4.33. The van der Waals surface area contributed by atoms with Crippen LogP contribution in [0.1, 0.15) is 5.56 Å². The molecule has 0 unspecified atom stereocenters. The van der Waals surface area contributed by atoms with E-state index in [0.717, 1.165) is 21.2 Å². The first-order valence-corrected chi connectivity index (χ1v) is 6.68. The Morgan fingerprint density at radius 3 is 2.94 bits per heavy atom. The van der Waals surface area contributed by atoms with Crippen molar-refractivity contribution in [3.05, 3.63) is 51.5 Å². The summed E-state index contributed by atoms with van der Waals surface area (Å²) in [6.45, 7) is 2.06. The van der Waals surface area contributed by atoms with Crippen molar-refractivity contribution in [1.29, 1.82) is 0 Å². The number of hydrogen-bond donors (Lipinski definition) is 1. The zero-order valence-electron chi connectivity index (χ0n) is 9.64. The fourth-order valence-electron chi connectivity index (χ4n) is 1.94. The molecule has 0 saturated heterocycles. The highest BCUT2D eigenvalue weighted by Crippen LogP contribution is 2.23. The number of halogens is 1. The number of aromatic amines is 1. The minimum absolute atomic E-state index is 0.675. The number of nitrogens with zero attached hydrogens (tertiary/aromatic N) is 2. The van der Waals surface area contributed by atoms with Crippen molar-refractivity contribution >= 4 is 39.2 Å². The molecule has 0 aliphatic carbocycles. The van der Waals surface area contributed by atoms with E-state index in [2.05, 4.69) is 51.0 Å². The quantitative estimate of drug-likeness (QED) is 0.683. The smallest absolute Gasteiger partial charge is 0.182 e. The second-order valence-corrected chi connectivity index (χ2v) is 5.33. The van der Waals surface area contributed by atoms with Gasteiger partial charge in [0.15, 0.2) is 4.77 Å². The van der Waals surface area contributed by atoms with Crippen molar-refractivity contribution < 1.29 is 0 Å². The molecule has 0 atom stereocenters. The molecule has 18 heavy (non-hydrogen) atoms. The van der Waals surface area contributed by atoms with Gasteiger partial charge in [-0.15, -0.1) is 0 Å². The molecule has 1 N–H and O–H groups in total. The van der Waals surface area contributed by atoms with Gasteiger partial charge in [0.05, 0.1) is 17.2 Å². The molecule has 2 heterocycles. The van der Waals surface area contributed by atoms with E-state index in [9.17, 15) is 0 Å². The van der Waals surface area contributed by atoms with E-state index in [0.29, 0.717) is 4.77 Å². The van der Waals surface area contributed by atoms with Crippen LogP contribution in [0.2, 0.25) is 0 Å². The fourth-order valence-corrected chi connectivity index (χ4v) is 2.62. The minimum Gasteiger partial charge on any atom is -0.329 e. The lowest BCUT2D eigenvalue weighted by molar-refractivity contribution is 1.06. The van der Waals surface area contributed by atoms with Crippen LogP contribution < -0.4 is 0 Å². The summed E-state index contributed by atoms with van der Waals surface area (Å²) in [6.07, 6.45) is 3.55. The molecule has 0 saturated carbocycles. The number of benzene rings is 1. The first kappa shape index (κ1) is 11.6. The predicted octanol–water partition coefficient (Wildman–Crippen LogP) is 4.15. The van der Waals surface area contributed by atoms with Crippen molar-refractivity contribution in [3.8, 4) is 5.69 Å². The third-order valence-electron chi connectivity index (χ3n) is 2.90. The molecular weight excluding hydrogens is 310 g/mol. The summed E-state index contributed by atoms with van der Waals surface area (Å²) in [6, 6.07) is 8.15. The highest BCUT2D eigenvalue weighted by Gasteiger charge is 2.07. The number of fused-ring (bicyclic) bond motifs is 1. The van der Waals surface area contributed by atoms with Crippen LogP contribution in [0.4, 0.5) is 0 Å². The molecule has 5 heteroatoms. The molecule has 0 fully saturated rings. The van der Waals surface area contributed by atoms with Crippen LogP contribution in [0, 0.1) is 11.7 Å². The van der Waals surface area contributed by atoms with E-state index < -0.39 is 0 Å². The van der Waals surface area contributed by atoms with E-state index in [1.807, 2.05) is 10.6 Å². The third-order valence-corrected chi connectivity index (χ3v) is 4.04. The van der Waals surface area contributed by atoms with E-state index in [-0.39, 0.29) is 0 Å². The highest BCUT2D eigenvalue weighted by molar-refractivity contribution is 9.10. The monoisotopic (exact) mass is 319 g/mol. The normalized spacial score (nSPS) is 11.0. The van der Waals surface area contributed by atoms with Crippen LogP contribution in [-0.4, -0.2) is 14.5 Å². The number of aromatic nitrogens is 3. The Bertz CT molecular complexity index is 788. The molecule has 0 aliphatic rings. The minimum atomic E-state index is 0.675. The summed E-state index contributed by atoms with van der Waals surface area (Å²) < 4.78 is 3.76. The van der Waals surface area contributed by atoms with Gasteiger partial charge >= 0.3 is 0 Å². The summed E-state index contributed by atoms with van der Waals surface area (Å²) >= 11 is 8.93. The van der Waals surface area contributed by atoms with Crippen LogP contribution in [0.5, 0.6) is 0 Å². The van der Waals surface area contributed by atoms with Crippen molar-refractivity contribution in [2.24, 2.45) is 0 Å². The van der Waals surface area contributed by atoms with Crippen LogP contribution in [0.3, 0.4) is 0 Å². The van der Waals surface area contributed by atoms with Crippen LogP contribution in [-0.2, 0) is 0 Å². The second-order valence-electron chi connectivity index (χ2n) is 4.09. The Balaban J connectivity index is 2.34. The van der Waals surface area contributed by atoms with Crippen LogP contribution in [0.25, 0.3) is 16.7 Å². The zero-order valence-corrected chi connectivity index (χ0v) is 12.0. The number of H-pyrrole nitrogens is 1. The van der Waals surface area contributed by atoms with Crippen LogP contribution >= 0.6 is 28.1 Å². The van der Waals surface area contributed by atoms with E-state index in [1.165, 1.54) is 5.56 Å². The molecule has 1 aromatic carbocycles. The zero-order chi connectivity index (χ0) is 12.7. The maximum Gasteiger partial charge on any atom is 0.182 e. The molecule has 90 valence electrons. The summed E-state index contributed by atoms with van der Waals surface area (Å²) in [4.78, 5) is 7.25. The van der Waals surface area contributed by atoms with Crippen molar-refractivity contribution in [1.82, 2.24) is 14.5 Å². The van der Waals surface area contributed by atoms with Crippen LogP contribution in [0.15, 0.2) is 41.1 Å². The lowest BCUT2D eigenvalue weighted by Gasteiger charge is -2.06. The molecule has 3 nitrogen and oxygen atoms in total. The van der Waals surface area contributed by atoms with Gasteiger partial charge in [0, 0.05) is 16.4 Å². The van der Waals surface area contributed by atoms with E-state index >= 15 is 0 Å². The SMILES string of the molecule is Cc1ccc(-n2c(=S)[nH]c3cnccc32)cc1Br. The number of aryl methyl sites for hydroxylation is 1. The van der Waals surface area contributed by atoms with E-state index in [1.54, 1.807) is 12.4 Å². The van der Waals surface area contributed by atoms with Gasteiger partial charge < -0.3 is 4.98 Å². The summed E-state index contributed by atoms with van der Waals surface area (Å²) in [5.74, 6) is 0. The molecule has 0 spiro atoms. The maximum atomic E-state index is 5.38. The summed E-state index contributed by atoms with van der Waals surface area (Å²) in [5.41, 5.74) is 4.21. The molecule has 0 radical (unpaired) electrons. The molecule has 3 aromatic rings. The highest BCUT2D eigenvalue weighted by atomic mass is 79.9. The van der Waals surface area contributed by atoms with Crippen molar-refractivity contribution in [2.75, 3.05) is 0 Å². The molecule has 3 rings (SSSR count). The van der Waals surface area contributed by atoms with Gasteiger partial charge in [0.2, 0.25) is 0 Å². The fraction of sp³-hybridized carbons (Fsp3) is 0.0769. The Morgan fingerprint density at radius 1 is 1.33 bits per heavy atom. The molecule has 0 bridgehead atoms. The molecule has 2 aromatic heterocycles. The average Bonchev–Trinajstić information content (AvgIpc) is 2.69. The van der Waals surface area contributed by atoms with Crippen molar-refractivity contribution in [2.45, 2.75) is 6.92 Å². The Labute approximate surface area is 118 Å². The lowest BCUT2D eigenvalue weighted by atomic mass is 10.2. The van der Waals surface area contributed by atoms with E-state index in [4.69, 9.17) is 12.2 Å². The number of hydrogen-bond acceptors (Lipinski definition) is 2. The van der Waals surface area contributed by atoms with Gasteiger partial charge in [-0.25, -0.2) is 0 Å². The number of rotatable bonds is 1. The topological polar surface area (TPSA) is 33.6 Å². The average molecular weight is 320 g/mol. The Kier molecular flexibility index (Phi) is 2.80. The van der Waals surface area contributed by atoms with Gasteiger partial charge in [0.1, 0.15) is 0 Å². The molecule has 0 amide bonds. The van der Waals surface area contributed by atoms with Crippen molar-refractivity contribution in [3.63, 3.8) is 0 Å². The number of nitrogens with one attached hydrogen (secondary N) is 1.